The minimum absolute atomic E-state index is 0.124. The minimum atomic E-state index is -1.40. The van der Waals surface area contributed by atoms with Gasteiger partial charge in [-0.1, -0.05) is 31.0 Å². The van der Waals surface area contributed by atoms with E-state index in [-0.39, 0.29) is 43.1 Å². The highest BCUT2D eigenvalue weighted by molar-refractivity contribution is 6.11. The van der Waals surface area contributed by atoms with E-state index in [1.54, 1.807) is 19.3 Å². The molecular formula is C26H27FN4O3. The Hall–Kier alpha value is -3.55. The minimum Gasteiger partial charge on any atom is -0.340 e. The Balaban J connectivity index is 1.44. The molecule has 1 saturated carbocycles. The number of rotatable bonds is 6. The van der Waals surface area contributed by atoms with Crippen molar-refractivity contribution in [1.29, 1.82) is 0 Å². The molecule has 1 atom stereocenters. The van der Waals surface area contributed by atoms with Crippen molar-refractivity contribution < 1.29 is 18.8 Å². The number of likely N-dealkylation sites (tertiary alicyclic amines) is 1. The van der Waals surface area contributed by atoms with Crippen molar-refractivity contribution in [2.75, 3.05) is 7.05 Å². The summed E-state index contributed by atoms with van der Waals surface area (Å²) in [7, 11) is 1.67. The maximum atomic E-state index is 14.2. The van der Waals surface area contributed by atoms with Crippen LogP contribution in [0.2, 0.25) is 0 Å². The van der Waals surface area contributed by atoms with E-state index >= 15 is 0 Å². The highest BCUT2D eigenvalue weighted by atomic mass is 19.1. The van der Waals surface area contributed by atoms with Crippen molar-refractivity contribution in [3.05, 3.63) is 71.9 Å². The molecule has 34 heavy (non-hydrogen) atoms. The molecule has 3 aromatic rings. The van der Waals surface area contributed by atoms with E-state index in [2.05, 4.69) is 4.98 Å². The van der Waals surface area contributed by atoms with Crippen LogP contribution in [0.5, 0.6) is 0 Å². The first-order chi connectivity index (χ1) is 16.4. The quantitative estimate of drug-likeness (QED) is 0.526. The van der Waals surface area contributed by atoms with E-state index in [4.69, 9.17) is 0 Å². The Labute approximate surface area is 197 Å². The smallest absolute Gasteiger partial charge is 0.241 e. The molecule has 1 aromatic carbocycles. The monoisotopic (exact) mass is 462 g/mol. The Bertz CT molecular complexity index is 1270. The van der Waals surface area contributed by atoms with E-state index in [9.17, 15) is 18.8 Å². The molecule has 5 rings (SSSR count). The van der Waals surface area contributed by atoms with Gasteiger partial charge in [-0.2, -0.15) is 0 Å². The Morgan fingerprint density at radius 2 is 1.97 bits per heavy atom. The number of halogens is 1. The number of carbonyl (C=O) groups is 3. The summed E-state index contributed by atoms with van der Waals surface area (Å²) in [6.07, 6.45) is 6.76. The molecule has 0 N–H and O–H groups in total. The van der Waals surface area contributed by atoms with Crippen LogP contribution in [-0.2, 0) is 26.3 Å². The third-order valence-electron chi connectivity index (χ3n) is 7.19. The molecule has 1 aliphatic heterocycles. The molecule has 0 radical (unpaired) electrons. The molecule has 7 nitrogen and oxygen atoms in total. The number of hydrogen-bond donors (Lipinski definition) is 0. The van der Waals surface area contributed by atoms with Gasteiger partial charge in [-0.05, 0) is 42.7 Å². The van der Waals surface area contributed by atoms with Crippen LogP contribution in [0.1, 0.15) is 49.8 Å². The molecule has 0 bridgehead atoms. The van der Waals surface area contributed by atoms with Crippen molar-refractivity contribution in [2.24, 2.45) is 0 Å². The lowest BCUT2D eigenvalue weighted by molar-refractivity contribution is -0.144. The predicted molar refractivity (Wildman–Crippen MR) is 123 cm³/mol. The summed E-state index contributed by atoms with van der Waals surface area (Å²) in [5, 5.41) is 0. The summed E-state index contributed by atoms with van der Waals surface area (Å²) in [6.45, 7) is 0.289. The number of carbonyl (C=O) groups excluding carboxylic acids is 3. The first-order valence-electron chi connectivity index (χ1n) is 11.7. The summed E-state index contributed by atoms with van der Waals surface area (Å²) in [5.41, 5.74) is 0.584. The van der Waals surface area contributed by atoms with Crippen LogP contribution >= 0.6 is 0 Å². The first kappa shape index (κ1) is 22.3. The van der Waals surface area contributed by atoms with Gasteiger partial charge in [-0.15, -0.1) is 0 Å². The summed E-state index contributed by atoms with van der Waals surface area (Å²) >= 11 is 0. The van der Waals surface area contributed by atoms with Gasteiger partial charge in [0.25, 0.3) is 0 Å². The molecule has 0 unspecified atom stereocenters. The molecule has 0 spiro atoms. The molecule has 3 amide bonds. The van der Waals surface area contributed by atoms with Crippen LogP contribution in [0.15, 0.2) is 54.9 Å². The normalized spacial score (nSPS) is 21.1. The zero-order valence-corrected chi connectivity index (χ0v) is 19.1. The largest absolute Gasteiger partial charge is 0.340 e. The molecule has 2 fully saturated rings. The van der Waals surface area contributed by atoms with Crippen molar-refractivity contribution >= 4 is 23.4 Å². The van der Waals surface area contributed by atoms with Gasteiger partial charge in [0.2, 0.25) is 17.7 Å². The Morgan fingerprint density at radius 3 is 2.74 bits per heavy atom. The number of imide groups is 1. The van der Waals surface area contributed by atoms with E-state index in [0.29, 0.717) is 5.56 Å². The second kappa shape index (κ2) is 8.66. The number of imidazole rings is 1. The molecule has 1 aliphatic carbocycles. The molecule has 1 saturated heterocycles. The zero-order chi connectivity index (χ0) is 23.9. The van der Waals surface area contributed by atoms with E-state index in [1.165, 1.54) is 28.0 Å². The molecule has 176 valence electrons. The average Bonchev–Trinajstić information content (AvgIpc) is 3.54. The number of benzene rings is 1. The lowest BCUT2D eigenvalue weighted by atomic mass is 9.75. The SMILES string of the molecule is CN(Cc1cnc2ccccn12)C(=O)C[C@@]1(c2cccc(F)c2)CC(=O)N(C2CCCC2)C1=O. The molecule has 3 heterocycles. The third-order valence-corrected chi connectivity index (χ3v) is 7.19. The van der Waals surface area contributed by atoms with Crippen LogP contribution in [0.3, 0.4) is 0 Å². The predicted octanol–water partition coefficient (Wildman–Crippen LogP) is 3.46. The fourth-order valence-electron chi connectivity index (χ4n) is 5.37. The highest BCUT2D eigenvalue weighted by Gasteiger charge is 2.55. The first-order valence-corrected chi connectivity index (χ1v) is 11.7. The van der Waals surface area contributed by atoms with Gasteiger partial charge in [0.1, 0.15) is 11.5 Å². The van der Waals surface area contributed by atoms with Crippen molar-refractivity contribution in [3.8, 4) is 0 Å². The van der Waals surface area contributed by atoms with Gasteiger partial charge in [-0.25, -0.2) is 9.37 Å². The van der Waals surface area contributed by atoms with E-state index in [0.717, 1.165) is 37.0 Å². The van der Waals surface area contributed by atoms with Crippen molar-refractivity contribution in [2.45, 2.75) is 56.5 Å². The second-order valence-corrected chi connectivity index (χ2v) is 9.38. The standard InChI is InChI=1S/C26H27FN4O3/c1-29(17-21-16-28-22-11-4-5-12-30(21)22)23(32)14-26(18-7-6-8-19(27)13-18)15-24(33)31(25(26)34)20-9-2-3-10-20/h4-8,11-13,16,20H,2-3,9-10,14-15,17H2,1H3/t26-/m0/s1. The summed E-state index contributed by atoms with van der Waals surface area (Å²) in [4.78, 5) is 47.5. The second-order valence-electron chi connectivity index (χ2n) is 9.38. The van der Waals surface area contributed by atoms with Crippen LogP contribution in [0.25, 0.3) is 5.65 Å². The average molecular weight is 463 g/mol. The lowest BCUT2D eigenvalue weighted by Crippen LogP contribution is -2.45. The fraction of sp³-hybridized carbons (Fsp3) is 0.385. The van der Waals surface area contributed by atoms with Gasteiger partial charge in [0, 0.05) is 32.1 Å². The van der Waals surface area contributed by atoms with Gasteiger partial charge in [-0.3, -0.25) is 19.3 Å². The van der Waals surface area contributed by atoms with Crippen LogP contribution in [0, 0.1) is 5.82 Å². The molecule has 2 aliphatic rings. The molecular weight excluding hydrogens is 435 g/mol. The number of hydrogen-bond acceptors (Lipinski definition) is 4. The van der Waals surface area contributed by atoms with Gasteiger partial charge in [0.15, 0.2) is 0 Å². The number of fused-ring (bicyclic) bond motifs is 1. The van der Waals surface area contributed by atoms with Crippen molar-refractivity contribution in [3.63, 3.8) is 0 Å². The highest BCUT2D eigenvalue weighted by Crippen LogP contribution is 2.43. The number of nitrogens with zero attached hydrogens (tertiary/aromatic N) is 4. The van der Waals surface area contributed by atoms with E-state index in [1.807, 2.05) is 28.8 Å². The van der Waals surface area contributed by atoms with Crippen LogP contribution < -0.4 is 0 Å². The molecule has 8 heteroatoms. The third kappa shape index (κ3) is 3.77. The summed E-state index contributed by atoms with van der Waals surface area (Å²) in [5.74, 6) is -1.45. The van der Waals surface area contributed by atoms with Crippen LogP contribution in [0.4, 0.5) is 4.39 Å². The zero-order valence-electron chi connectivity index (χ0n) is 19.1. The number of amides is 3. The summed E-state index contributed by atoms with van der Waals surface area (Å²) < 4.78 is 16.1. The number of aromatic nitrogens is 2. The lowest BCUT2D eigenvalue weighted by Gasteiger charge is -2.30. The topological polar surface area (TPSA) is 75.0 Å². The number of pyridine rings is 1. The van der Waals surface area contributed by atoms with Crippen LogP contribution in [-0.4, -0.2) is 50.0 Å². The van der Waals surface area contributed by atoms with Crippen molar-refractivity contribution in [1.82, 2.24) is 19.2 Å². The molecule has 2 aromatic heterocycles. The van der Waals surface area contributed by atoms with Gasteiger partial charge < -0.3 is 9.30 Å². The van der Waals surface area contributed by atoms with E-state index < -0.39 is 11.2 Å². The fourth-order valence-corrected chi connectivity index (χ4v) is 5.37. The maximum absolute atomic E-state index is 14.2. The van der Waals surface area contributed by atoms with Gasteiger partial charge >= 0.3 is 0 Å². The maximum Gasteiger partial charge on any atom is 0.241 e. The Kier molecular flexibility index (Phi) is 5.67. The Morgan fingerprint density at radius 1 is 1.18 bits per heavy atom. The van der Waals surface area contributed by atoms with Gasteiger partial charge in [0.05, 0.1) is 23.9 Å². The summed E-state index contributed by atoms with van der Waals surface area (Å²) in [6, 6.07) is 11.3.